The number of para-hydroxylation sites is 1. The number of hydrogen-bond acceptors (Lipinski definition) is 3. The summed E-state index contributed by atoms with van der Waals surface area (Å²) in [5, 5.41) is 0. The number of benzene rings is 2. The molecular weight excluding hydrogens is 320 g/mol. The van der Waals surface area contributed by atoms with Crippen LogP contribution in [0.4, 0.5) is 0 Å². The van der Waals surface area contributed by atoms with E-state index in [1.165, 1.54) is 5.56 Å². The molecule has 1 saturated heterocycles. The van der Waals surface area contributed by atoms with Crippen LogP contribution in [-0.2, 0) is 6.54 Å². The normalized spacial score (nSPS) is 20.2. The number of ether oxygens (including phenoxy) is 1. The SMILES string of the molecule is CC1(Oc2ccccc2)CCN(Cc2ccc(-c3ccccn3)cc2)C1. The molecule has 0 saturated carbocycles. The van der Waals surface area contributed by atoms with Crippen LogP contribution < -0.4 is 4.74 Å². The molecule has 0 radical (unpaired) electrons. The first kappa shape index (κ1) is 16.8. The van der Waals surface area contributed by atoms with Gasteiger partial charge in [0.2, 0.25) is 0 Å². The topological polar surface area (TPSA) is 25.4 Å². The summed E-state index contributed by atoms with van der Waals surface area (Å²) in [5.74, 6) is 0.955. The van der Waals surface area contributed by atoms with Gasteiger partial charge in [-0.05, 0) is 36.8 Å². The lowest BCUT2D eigenvalue weighted by atomic mass is 10.1. The molecule has 26 heavy (non-hydrogen) atoms. The van der Waals surface area contributed by atoms with Gasteiger partial charge in [0, 0.05) is 37.8 Å². The lowest BCUT2D eigenvalue weighted by Crippen LogP contribution is -2.35. The van der Waals surface area contributed by atoms with E-state index in [4.69, 9.17) is 4.74 Å². The Labute approximate surface area is 155 Å². The van der Waals surface area contributed by atoms with E-state index >= 15 is 0 Å². The lowest BCUT2D eigenvalue weighted by molar-refractivity contribution is 0.0951. The average Bonchev–Trinajstić information content (AvgIpc) is 3.04. The second-order valence-corrected chi connectivity index (χ2v) is 7.24. The van der Waals surface area contributed by atoms with Crippen LogP contribution in [0.3, 0.4) is 0 Å². The molecule has 1 aromatic heterocycles. The van der Waals surface area contributed by atoms with Crippen LogP contribution in [0.15, 0.2) is 79.0 Å². The molecule has 0 spiro atoms. The van der Waals surface area contributed by atoms with Gasteiger partial charge in [-0.2, -0.15) is 0 Å². The summed E-state index contributed by atoms with van der Waals surface area (Å²) in [4.78, 5) is 6.88. The van der Waals surface area contributed by atoms with Gasteiger partial charge in [-0.1, -0.05) is 48.5 Å². The van der Waals surface area contributed by atoms with Gasteiger partial charge in [0.1, 0.15) is 11.4 Å². The van der Waals surface area contributed by atoms with Gasteiger partial charge < -0.3 is 4.74 Å². The van der Waals surface area contributed by atoms with Crippen LogP contribution in [0.25, 0.3) is 11.3 Å². The monoisotopic (exact) mass is 344 g/mol. The van der Waals surface area contributed by atoms with Gasteiger partial charge in [-0.3, -0.25) is 9.88 Å². The van der Waals surface area contributed by atoms with Gasteiger partial charge in [-0.15, -0.1) is 0 Å². The standard InChI is InChI=1S/C23H24N2O/c1-23(26-21-7-3-2-4-8-21)14-16-25(18-23)17-19-10-12-20(13-11-19)22-9-5-6-15-24-22/h2-13,15H,14,16-18H2,1H3. The first-order valence-corrected chi connectivity index (χ1v) is 9.17. The van der Waals surface area contributed by atoms with Crippen molar-refractivity contribution in [2.24, 2.45) is 0 Å². The Morgan fingerprint density at radius 2 is 1.73 bits per heavy atom. The molecule has 3 nitrogen and oxygen atoms in total. The van der Waals surface area contributed by atoms with Crippen molar-refractivity contribution >= 4 is 0 Å². The molecule has 1 aliphatic rings. The van der Waals surface area contributed by atoms with Crippen LogP contribution in [0.1, 0.15) is 18.9 Å². The molecule has 1 fully saturated rings. The summed E-state index contributed by atoms with van der Waals surface area (Å²) >= 11 is 0. The van der Waals surface area contributed by atoms with Crippen LogP contribution in [0.2, 0.25) is 0 Å². The molecule has 0 bridgehead atoms. The summed E-state index contributed by atoms with van der Waals surface area (Å²) in [7, 11) is 0. The Hall–Kier alpha value is -2.65. The number of rotatable bonds is 5. The van der Waals surface area contributed by atoms with Crippen molar-refractivity contribution in [3.05, 3.63) is 84.6 Å². The van der Waals surface area contributed by atoms with Crippen molar-refractivity contribution in [1.82, 2.24) is 9.88 Å². The van der Waals surface area contributed by atoms with Crippen LogP contribution in [0, 0.1) is 0 Å². The zero-order valence-electron chi connectivity index (χ0n) is 15.1. The Balaban J connectivity index is 1.38. The molecule has 3 aromatic rings. The highest BCUT2D eigenvalue weighted by molar-refractivity contribution is 5.58. The fraction of sp³-hybridized carbons (Fsp3) is 0.261. The zero-order chi connectivity index (χ0) is 17.8. The molecule has 132 valence electrons. The minimum absolute atomic E-state index is 0.116. The molecule has 0 N–H and O–H groups in total. The van der Waals surface area contributed by atoms with Gasteiger partial charge in [0.15, 0.2) is 0 Å². The molecule has 2 heterocycles. The third-order valence-corrected chi connectivity index (χ3v) is 4.94. The van der Waals surface area contributed by atoms with Crippen molar-refractivity contribution in [2.75, 3.05) is 13.1 Å². The molecule has 1 unspecified atom stereocenters. The Kier molecular flexibility index (Phi) is 4.72. The number of nitrogens with zero attached hydrogens (tertiary/aromatic N) is 2. The Morgan fingerprint density at radius 1 is 0.962 bits per heavy atom. The fourth-order valence-corrected chi connectivity index (χ4v) is 3.59. The third kappa shape index (κ3) is 3.94. The molecular formula is C23H24N2O. The second kappa shape index (κ2) is 7.30. The van der Waals surface area contributed by atoms with E-state index in [2.05, 4.69) is 41.1 Å². The van der Waals surface area contributed by atoms with Crippen molar-refractivity contribution in [2.45, 2.75) is 25.5 Å². The Bertz CT molecular complexity index is 833. The van der Waals surface area contributed by atoms with Crippen molar-refractivity contribution in [3.63, 3.8) is 0 Å². The highest BCUT2D eigenvalue weighted by Crippen LogP contribution is 2.28. The zero-order valence-corrected chi connectivity index (χ0v) is 15.1. The quantitative estimate of drug-likeness (QED) is 0.665. The van der Waals surface area contributed by atoms with E-state index in [1.54, 1.807) is 0 Å². The predicted molar refractivity (Wildman–Crippen MR) is 105 cm³/mol. The van der Waals surface area contributed by atoms with Gasteiger partial charge in [0.25, 0.3) is 0 Å². The van der Waals surface area contributed by atoms with E-state index in [0.29, 0.717) is 0 Å². The summed E-state index contributed by atoms with van der Waals surface area (Å²) in [6.45, 7) is 5.18. The molecule has 1 aliphatic heterocycles. The van der Waals surface area contributed by atoms with E-state index < -0.39 is 0 Å². The number of pyridine rings is 1. The number of likely N-dealkylation sites (tertiary alicyclic amines) is 1. The molecule has 1 atom stereocenters. The van der Waals surface area contributed by atoms with Crippen LogP contribution in [0.5, 0.6) is 5.75 Å². The van der Waals surface area contributed by atoms with E-state index in [1.807, 2.05) is 54.7 Å². The van der Waals surface area contributed by atoms with Gasteiger partial charge in [0.05, 0.1) is 5.69 Å². The maximum Gasteiger partial charge on any atom is 0.120 e. The fourth-order valence-electron chi connectivity index (χ4n) is 3.59. The second-order valence-electron chi connectivity index (χ2n) is 7.24. The first-order chi connectivity index (χ1) is 12.7. The largest absolute Gasteiger partial charge is 0.486 e. The maximum atomic E-state index is 6.26. The number of hydrogen-bond donors (Lipinski definition) is 0. The van der Waals surface area contributed by atoms with Crippen LogP contribution in [-0.4, -0.2) is 28.6 Å². The lowest BCUT2D eigenvalue weighted by Gasteiger charge is -2.26. The third-order valence-electron chi connectivity index (χ3n) is 4.94. The average molecular weight is 344 g/mol. The number of aromatic nitrogens is 1. The van der Waals surface area contributed by atoms with Crippen molar-refractivity contribution < 1.29 is 4.74 Å². The van der Waals surface area contributed by atoms with Gasteiger partial charge in [-0.25, -0.2) is 0 Å². The minimum atomic E-state index is -0.116. The smallest absolute Gasteiger partial charge is 0.120 e. The van der Waals surface area contributed by atoms with E-state index in [0.717, 1.165) is 43.1 Å². The van der Waals surface area contributed by atoms with Crippen LogP contribution >= 0.6 is 0 Å². The van der Waals surface area contributed by atoms with E-state index in [9.17, 15) is 0 Å². The molecule has 3 heteroatoms. The van der Waals surface area contributed by atoms with Gasteiger partial charge >= 0.3 is 0 Å². The highest BCUT2D eigenvalue weighted by atomic mass is 16.5. The molecule has 2 aromatic carbocycles. The molecule has 0 aliphatic carbocycles. The summed E-state index contributed by atoms with van der Waals surface area (Å²) in [6.07, 6.45) is 2.88. The highest BCUT2D eigenvalue weighted by Gasteiger charge is 2.35. The summed E-state index contributed by atoms with van der Waals surface area (Å²) in [6, 6.07) is 24.9. The summed E-state index contributed by atoms with van der Waals surface area (Å²) in [5.41, 5.74) is 3.39. The van der Waals surface area contributed by atoms with Crippen molar-refractivity contribution in [3.8, 4) is 17.0 Å². The first-order valence-electron chi connectivity index (χ1n) is 9.17. The molecule has 4 rings (SSSR count). The molecule has 0 amide bonds. The predicted octanol–water partition coefficient (Wildman–Crippen LogP) is 4.79. The van der Waals surface area contributed by atoms with Crippen molar-refractivity contribution in [1.29, 1.82) is 0 Å². The minimum Gasteiger partial charge on any atom is -0.486 e. The maximum absolute atomic E-state index is 6.26. The Morgan fingerprint density at radius 3 is 2.46 bits per heavy atom. The summed E-state index contributed by atoms with van der Waals surface area (Å²) < 4.78 is 6.26. The van der Waals surface area contributed by atoms with E-state index in [-0.39, 0.29) is 5.60 Å².